The number of rotatable bonds is 6. The molecule has 0 radical (unpaired) electrons. The van der Waals surface area contributed by atoms with Crippen LogP contribution in [0, 0.1) is 17.7 Å². The van der Waals surface area contributed by atoms with Crippen LogP contribution in [0.5, 0.6) is 5.75 Å². The first-order valence-corrected chi connectivity index (χ1v) is 10.8. The zero-order valence-electron chi connectivity index (χ0n) is 17.7. The summed E-state index contributed by atoms with van der Waals surface area (Å²) in [6.07, 6.45) is 8.47. The lowest BCUT2D eigenvalue weighted by Gasteiger charge is -2.33. The second-order valence-corrected chi connectivity index (χ2v) is 8.62. The molecule has 0 spiro atoms. The lowest BCUT2D eigenvalue weighted by Crippen LogP contribution is -2.23. The fraction of sp³-hybridized carbons (Fsp3) is 0.308. The maximum Gasteiger partial charge on any atom is 0.141 e. The van der Waals surface area contributed by atoms with Crippen LogP contribution in [0.1, 0.15) is 36.0 Å². The van der Waals surface area contributed by atoms with Crippen molar-refractivity contribution in [2.45, 2.75) is 32.1 Å². The quantitative estimate of drug-likeness (QED) is 0.485. The Bertz CT molecular complexity index is 1200. The van der Waals surface area contributed by atoms with Gasteiger partial charge in [-0.15, -0.1) is 6.58 Å². The number of ether oxygens (including phenoxy) is 1. The molecule has 2 aromatic carbocycles. The Morgan fingerprint density at radius 1 is 1.23 bits per heavy atom. The summed E-state index contributed by atoms with van der Waals surface area (Å²) in [6, 6.07) is 7.41. The van der Waals surface area contributed by atoms with Gasteiger partial charge in [-0.05, 0) is 78.8 Å². The number of hydrogen-bond donors (Lipinski definition) is 1. The van der Waals surface area contributed by atoms with E-state index in [0.29, 0.717) is 17.4 Å². The molecule has 1 N–H and O–H groups in total. The van der Waals surface area contributed by atoms with Gasteiger partial charge in [-0.3, -0.25) is 0 Å². The van der Waals surface area contributed by atoms with Crippen molar-refractivity contribution in [3.63, 3.8) is 0 Å². The molecule has 5 rings (SSSR count). The summed E-state index contributed by atoms with van der Waals surface area (Å²) in [5.41, 5.74) is 5.33. The molecule has 1 fully saturated rings. The zero-order chi connectivity index (χ0) is 21.5. The van der Waals surface area contributed by atoms with Crippen LogP contribution in [0.3, 0.4) is 0 Å². The predicted molar refractivity (Wildman–Crippen MR) is 123 cm³/mol. The number of nitrogens with one attached hydrogen (secondary N) is 1. The van der Waals surface area contributed by atoms with E-state index in [9.17, 15) is 4.39 Å². The van der Waals surface area contributed by atoms with Gasteiger partial charge < -0.3 is 10.1 Å². The van der Waals surface area contributed by atoms with Crippen LogP contribution in [0.4, 0.5) is 15.9 Å². The Hall–Kier alpha value is -3.21. The van der Waals surface area contributed by atoms with Gasteiger partial charge in [-0.25, -0.2) is 14.4 Å². The minimum absolute atomic E-state index is 0.207. The molecule has 0 aliphatic heterocycles. The molecule has 0 amide bonds. The normalized spacial score (nSPS) is 19.7. The highest BCUT2D eigenvalue weighted by Crippen LogP contribution is 2.41. The number of halogens is 1. The molecule has 0 unspecified atom stereocenters. The molecule has 0 saturated heterocycles. The Labute approximate surface area is 181 Å². The minimum atomic E-state index is -0.207. The Morgan fingerprint density at radius 3 is 2.84 bits per heavy atom. The maximum atomic E-state index is 14.3. The monoisotopic (exact) mass is 415 g/mol. The molecule has 2 aliphatic carbocycles. The molecular weight excluding hydrogens is 389 g/mol. The number of aromatic nitrogens is 2. The molecule has 3 aromatic rings. The van der Waals surface area contributed by atoms with Crippen LogP contribution < -0.4 is 10.1 Å². The molecule has 31 heavy (non-hydrogen) atoms. The summed E-state index contributed by atoms with van der Waals surface area (Å²) in [5, 5.41) is 4.38. The molecule has 0 bridgehead atoms. The zero-order valence-corrected chi connectivity index (χ0v) is 17.7. The van der Waals surface area contributed by atoms with E-state index in [1.165, 1.54) is 18.9 Å². The third kappa shape index (κ3) is 3.48. The van der Waals surface area contributed by atoms with Crippen molar-refractivity contribution in [1.29, 1.82) is 0 Å². The Balaban J connectivity index is 1.52. The van der Waals surface area contributed by atoms with Gasteiger partial charge >= 0.3 is 0 Å². The number of anilines is 2. The average Bonchev–Trinajstić information content (AvgIpc) is 3.14. The lowest BCUT2D eigenvalue weighted by molar-refractivity contribution is 0.237. The van der Waals surface area contributed by atoms with Crippen LogP contribution in [0.25, 0.3) is 16.5 Å². The average molecular weight is 416 g/mol. The summed E-state index contributed by atoms with van der Waals surface area (Å²) in [6.45, 7) is 7.93. The largest absolute Gasteiger partial charge is 0.496 e. The van der Waals surface area contributed by atoms with E-state index in [2.05, 4.69) is 40.6 Å². The van der Waals surface area contributed by atoms with Gasteiger partial charge in [0.25, 0.3) is 0 Å². The van der Waals surface area contributed by atoms with Crippen molar-refractivity contribution in [2.24, 2.45) is 11.8 Å². The first kappa shape index (κ1) is 19.7. The van der Waals surface area contributed by atoms with Crippen molar-refractivity contribution in [3.05, 3.63) is 72.3 Å². The van der Waals surface area contributed by atoms with E-state index in [1.54, 1.807) is 19.5 Å². The molecule has 4 nitrogen and oxygen atoms in total. The number of nitrogens with zero attached hydrogens (tertiary/aromatic N) is 2. The fourth-order valence-corrected chi connectivity index (χ4v) is 4.94. The van der Waals surface area contributed by atoms with Gasteiger partial charge in [-0.1, -0.05) is 12.7 Å². The summed E-state index contributed by atoms with van der Waals surface area (Å²) in [4.78, 5) is 8.96. The Morgan fingerprint density at radius 2 is 2.06 bits per heavy atom. The molecule has 158 valence electrons. The number of hydrogen-bond acceptors (Lipinski definition) is 4. The smallest absolute Gasteiger partial charge is 0.141 e. The van der Waals surface area contributed by atoms with E-state index in [1.807, 2.05) is 6.07 Å². The molecule has 5 heteroatoms. The molecule has 0 atom stereocenters. The summed E-state index contributed by atoms with van der Waals surface area (Å²) in [5.74, 6) is 2.64. The topological polar surface area (TPSA) is 47.0 Å². The SMILES string of the molecule is C=CC1CC(Cc2cc3c(Nc4ccc(F)c5c4CCC5=C)ncnc3cc2OC)C1. The molecular formula is C26H26FN3O. The van der Waals surface area contributed by atoms with E-state index in [4.69, 9.17) is 4.74 Å². The predicted octanol–water partition coefficient (Wildman–Crippen LogP) is 6.24. The van der Waals surface area contributed by atoms with E-state index in [0.717, 1.165) is 64.1 Å². The summed E-state index contributed by atoms with van der Waals surface area (Å²) in [7, 11) is 1.70. The first-order valence-electron chi connectivity index (χ1n) is 10.8. The van der Waals surface area contributed by atoms with Gasteiger partial charge in [0.05, 0.1) is 12.6 Å². The standard InChI is InChI=1S/C26H26FN3O/c1-4-16-9-17(10-16)11-18-12-20-23(13-24(18)31-3)28-14-29-26(20)30-22-8-7-21(27)25-15(2)5-6-19(22)25/h4,7-8,12-14,16-17H,1-2,5-6,9-11H2,3H3,(H,28,29,30). The van der Waals surface area contributed by atoms with Crippen molar-refractivity contribution in [1.82, 2.24) is 9.97 Å². The van der Waals surface area contributed by atoms with Crippen LogP contribution >= 0.6 is 0 Å². The summed E-state index contributed by atoms with van der Waals surface area (Å²) >= 11 is 0. The first-order chi connectivity index (χ1) is 15.1. The number of fused-ring (bicyclic) bond motifs is 2. The van der Waals surface area contributed by atoms with Gasteiger partial charge in [0.1, 0.15) is 23.7 Å². The van der Waals surface area contributed by atoms with Crippen molar-refractivity contribution in [2.75, 3.05) is 12.4 Å². The van der Waals surface area contributed by atoms with Gasteiger partial charge in [0, 0.05) is 22.7 Å². The number of benzene rings is 2. The number of allylic oxidation sites excluding steroid dienone is 2. The summed E-state index contributed by atoms with van der Waals surface area (Å²) < 4.78 is 20.0. The molecule has 1 aromatic heterocycles. The fourth-order valence-electron chi connectivity index (χ4n) is 4.94. The highest BCUT2D eigenvalue weighted by Gasteiger charge is 2.28. The molecule has 1 saturated carbocycles. The third-order valence-corrected chi connectivity index (χ3v) is 6.70. The van der Waals surface area contributed by atoms with E-state index in [-0.39, 0.29) is 5.82 Å². The van der Waals surface area contributed by atoms with Crippen LogP contribution in [0.2, 0.25) is 0 Å². The lowest BCUT2D eigenvalue weighted by atomic mass is 9.72. The van der Waals surface area contributed by atoms with Crippen LogP contribution in [0.15, 0.2) is 49.8 Å². The van der Waals surface area contributed by atoms with Crippen molar-refractivity contribution < 1.29 is 9.13 Å². The highest BCUT2D eigenvalue weighted by molar-refractivity contribution is 5.93. The molecule has 2 aliphatic rings. The second-order valence-electron chi connectivity index (χ2n) is 8.62. The van der Waals surface area contributed by atoms with E-state index < -0.39 is 0 Å². The van der Waals surface area contributed by atoms with Gasteiger partial charge in [0.2, 0.25) is 0 Å². The van der Waals surface area contributed by atoms with E-state index >= 15 is 0 Å². The van der Waals surface area contributed by atoms with Crippen molar-refractivity contribution >= 4 is 28.0 Å². The Kier molecular flexibility index (Phi) is 4.97. The van der Waals surface area contributed by atoms with Crippen LogP contribution in [-0.2, 0) is 12.8 Å². The highest BCUT2D eigenvalue weighted by atomic mass is 19.1. The second kappa shape index (κ2) is 7.80. The van der Waals surface area contributed by atoms with Gasteiger partial charge in [0.15, 0.2) is 0 Å². The third-order valence-electron chi connectivity index (χ3n) is 6.70. The number of methoxy groups -OCH3 is 1. The molecule has 1 heterocycles. The van der Waals surface area contributed by atoms with Crippen molar-refractivity contribution in [3.8, 4) is 5.75 Å². The maximum absolute atomic E-state index is 14.3. The van der Waals surface area contributed by atoms with Crippen LogP contribution in [-0.4, -0.2) is 17.1 Å². The van der Waals surface area contributed by atoms with Gasteiger partial charge in [-0.2, -0.15) is 0 Å². The minimum Gasteiger partial charge on any atom is -0.496 e.